The minimum atomic E-state index is -0.185. The molecular weight excluding hydrogens is 280 g/mol. The maximum absolute atomic E-state index is 12.2. The Morgan fingerprint density at radius 2 is 2.32 bits per heavy atom. The summed E-state index contributed by atoms with van der Waals surface area (Å²) >= 11 is 0. The zero-order valence-corrected chi connectivity index (χ0v) is 12.0. The molecule has 7 nitrogen and oxygen atoms in total. The van der Waals surface area contributed by atoms with Crippen LogP contribution in [-0.4, -0.2) is 37.0 Å². The highest BCUT2D eigenvalue weighted by molar-refractivity contribution is 5.93. The van der Waals surface area contributed by atoms with E-state index in [1.807, 2.05) is 24.7 Å². The van der Waals surface area contributed by atoms with Crippen LogP contribution in [0, 0.1) is 5.41 Å². The van der Waals surface area contributed by atoms with Crippen molar-refractivity contribution >= 4 is 17.1 Å². The highest BCUT2D eigenvalue weighted by Crippen LogP contribution is 2.46. The third kappa shape index (κ3) is 2.45. The van der Waals surface area contributed by atoms with Crippen LogP contribution in [0.25, 0.3) is 11.2 Å². The highest BCUT2D eigenvalue weighted by atomic mass is 16.2. The molecule has 1 aliphatic rings. The normalized spacial score (nSPS) is 15.8. The first-order valence-electron chi connectivity index (χ1n) is 7.29. The van der Waals surface area contributed by atoms with Gasteiger partial charge in [0.25, 0.3) is 5.91 Å². The van der Waals surface area contributed by atoms with Gasteiger partial charge in [0.05, 0.1) is 11.8 Å². The number of hydrogen-bond donors (Lipinski definition) is 2. The number of carbonyl (C=O) groups excluding carboxylic acids is 1. The number of nitrogens with zero attached hydrogens (tertiary/aromatic N) is 4. The van der Waals surface area contributed by atoms with E-state index < -0.39 is 0 Å². The summed E-state index contributed by atoms with van der Waals surface area (Å²) in [7, 11) is 0. The van der Waals surface area contributed by atoms with Crippen LogP contribution < -0.4 is 5.32 Å². The lowest BCUT2D eigenvalue weighted by Gasteiger charge is -2.16. The third-order valence-corrected chi connectivity index (χ3v) is 4.13. The van der Waals surface area contributed by atoms with Crippen LogP contribution in [0.3, 0.4) is 0 Å². The second-order valence-electron chi connectivity index (χ2n) is 5.88. The molecule has 0 aliphatic heterocycles. The number of nitrogens with one attached hydrogen (secondary N) is 2. The second kappa shape index (κ2) is 4.94. The van der Waals surface area contributed by atoms with Crippen LogP contribution >= 0.6 is 0 Å². The third-order valence-electron chi connectivity index (χ3n) is 4.13. The zero-order valence-electron chi connectivity index (χ0n) is 12.0. The summed E-state index contributed by atoms with van der Waals surface area (Å²) in [6.07, 6.45) is 9.44. The number of fused-ring (bicyclic) bond motifs is 1. The van der Waals surface area contributed by atoms with Crippen molar-refractivity contribution < 1.29 is 4.79 Å². The van der Waals surface area contributed by atoms with E-state index in [9.17, 15) is 4.79 Å². The molecule has 7 heteroatoms. The molecule has 22 heavy (non-hydrogen) atoms. The Morgan fingerprint density at radius 3 is 3.05 bits per heavy atom. The molecule has 0 radical (unpaired) electrons. The molecule has 0 spiro atoms. The molecule has 2 N–H and O–H groups in total. The van der Waals surface area contributed by atoms with Gasteiger partial charge in [0.15, 0.2) is 11.5 Å². The van der Waals surface area contributed by atoms with E-state index in [-0.39, 0.29) is 11.3 Å². The van der Waals surface area contributed by atoms with Crippen molar-refractivity contribution in [3.05, 3.63) is 42.9 Å². The first-order valence-corrected chi connectivity index (χ1v) is 7.29. The molecule has 0 bridgehead atoms. The molecule has 1 amide bonds. The minimum absolute atomic E-state index is 0.153. The smallest absolute Gasteiger partial charge is 0.287 e. The molecule has 4 rings (SSSR count). The van der Waals surface area contributed by atoms with Gasteiger partial charge >= 0.3 is 0 Å². The van der Waals surface area contributed by atoms with Gasteiger partial charge in [-0.05, 0) is 25.0 Å². The lowest BCUT2D eigenvalue weighted by molar-refractivity contribution is 0.0933. The predicted octanol–water partition coefficient (Wildman–Crippen LogP) is 1.36. The van der Waals surface area contributed by atoms with Crippen LogP contribution in [0.15, 0.2) is 37.1 Å². The number of pyridine rings is 1. The SMILES string of the molecule is O=C(NCC1(Cn2ccnc2)CC1)c1nc2ncccc2[nH]1. The lowest BCUT2D eigenvalue weighted by Crippen LogP contribution is -2.32. The van der Waals surface area contributed by atoms with Gasteiger partial charge in [0.1, 0.15) is 0 Å². The van der Waals surface area contributed by atoms with Crippen LogP contribution in [0.4, 0.5) is 0 Å². The van der Waals surface area contributed by atoms with Crippen molar-refractivity contribution in [2.24, 2.45) is 5.41 Å². The Morgan fingerprint density at radius 1 is 1.41 bits per heavy atom. The van der Waals surface area contributed by atoms with Gasteiger partial charge in [-0.3, -0.25) is 4.79 Å². The Bertz CT molecular complexity index is 769. The fourth-order valence-electron chi connectivity index (χ4n) is 2.64. The van der Waals surface area contributed by atoms with E-state index >= 15 is 0 Å². The largest absolute Gasteiger partial charge is 0.349 e. The molecule has 0 aromatic carbocycles. The molecule has 1 saturated carbocycles. The second-order valence-corrected chi connectivity index (χ2v) is 5.88. The maximum atomic E-state index is 12.2. The lowest BCUT2D eigenvalue weighted by atomic mass is 10.1. The summed E-state index contributed by atoms with van der Waals surface area (Å²) in [5.74, 6) is 0.127. The summed E-state index contributed by atoms with van der Waals surface area (Å²) in [5.41, 5.74) is 1.49. The van der Waals surface area contributed by atoms with Gasteiger partial charge in [0, 0.05) is 37.1 Å². The van der Waals surface area contributed by atoms with E-state index in [0.717, 1.165) is 24.9 Å². The summed E-state index contributed by atoms with van der Waals surface area (Å²) in [6.45, 7) is 1.53. The van der Waals surface area contributed by atoms with Gasteiger partial charge in [-0.1, -0.05) is 0 Å². The van der Waals surface area contributed by atoms with Crippen LogP contribution in [-0.2, 0) is 6.54 Å². The average Bonchev–Trinajstić information content (AvgIpc) is 2.94. The van der Waals surface area contributed by atoms with Crippen molar-refractivity contribution in [3.63, 3.8) is 0 Å². The fraction of sp³-hybridized carbons (Fsp3) is 0.333. The van der Waals surface area contributed by atoms with Crippen LogP contribution in [0.1, 0.15) is 23.5 Å². The molecule has 3 aromatic rings. The molecule has 0 atom stereocenters. The Hall–Kier alpha value is -2.70. The van der Waals surface area contributed by atoms with E-state index in [1.54, 1.807) is 12.4 Å². The van der Waals surface area contributed by atoms with E-state index in [1.165, 1.54) is 0 Å². The Balaban J connectivity index is 1.42. The van der Waals surface area contributed by atoms with Gasteiger partial charge < -0.3 is 14.9 Å². The van der Waals surface area contributed by atoms with Gasteiger partial charge in [-0.15, -0.1) is 0 Å². The predicted molar refractivity (Wildman–Crippen MR) is 80.1 cm³/mol. The molecule has 112 valence electrons. The molecule has 1 fully saturated rings. The van der Waals surface area contributed by atoms with Gasteiger partial charge in [-0.25, -0.2) is 15.0 Å². The minimum Gasteiger partial charge on any atom is -0.349 e. The van der Waals surface area contributed by atoms with Crippen molar-refractivity contribution in [1.29, 1.82) is 0 Å². The molecule has 0 saturated heterocycles. The van der Waals surface area contributed by atoms with Gasteiger partial charge in [0.2, 0.25) is 0 Å². The maximum Gasteiger partial charge on any atom is 0.287 e. The Kier molecular flexibility index (Phi) is 2.92. The molecule has 3 heterocycles. The fourth-order valence-corrected chi connectivity index (χ4v) is 2.64. The first kappa shape index (κ1) is 13.0. The summed E-state index contributed by atoms with van der Waals surface area (Å²) in [5, 5.41) is 2.98. The highest BCUT2D eigenvalue weighted by Gasteiger charge is 2.43. The molecule has 0 unspecified atom stereocenters. The standard InChI is InChI=1S/C15H16N6O/c22-14(13-19-11-2-1-5-17-12(11)20-13)18-8-15(3-4-15)9-21-7-6-16-10-21/h1-2,5-7,10H,3-4,8-9H2,(H,18,22)(H,17,19,20). The Labute approximate surface area is 126 Å². The van der Waals surface area contributed by atoms with Crippen LogP contribution in [0.2, 0.25) is 0 Å². The van der Waals surface area contributed by atoms with Crippen LogP contribution in [0.5, 0.6) is 0 Å². The number of hydrogen-bond acceptors (Lipinski definition) is 4. The summed E-state index contributed by atoms with van der Waals surface area (Å²) < 4.78 is 2.06. The first-order chi connectivity index (χ1) is 10.7. The molecular formula is C15H16N6O. The van der Waals surface area contributed by atoms with E-state index in [2.05, 4.69) is 29.8 Å². The molecule has 3 aromatic heterocycles. The van der Waals surface area contributed by atoms with Crippen molar-refractivity contribution in [2.75, 3.05) is 6.54 Å². The number of aromatic nitrogens is 5. The number of carbonyl (C=O) groups is 1. The number of imidazole rings is 2. The van der Waals surface area contributed by atoms with E-state index in [0.29, 0.717) is 18.0 Å². The monoisotopic (exact) mass is 296 g/mol. The van der Waals surface area contributed by atoms with Gasteiger partial charge in [-0.2, -0.15) is 0 Å². The number of aromatic amines is 1. The molecule has 1 aliphatic carbocycles. The van der Waals surface area contributed by atoms with Crippen molar-refractivity contribution in [1.82, 2.24) is 29.8 Å². The number of rotatable bonds is 5. The topological polar surface area (TPSA) is 88.5 Å². The number of H-pyrrole nitrogens is 1. The zero-order chi connectivity index (χ0) is 15.0. The average molecular weight is 296 g/mol. The van der Waals surface area contributed by atoms with E-state index in [4.69, 9.17) is 0 Å². The van der Waals surface area contributed by atoms with Crippen molar-refractivity contribution in [2.45, 2.75) is 19.4 Å². The number of amides is 1. The van der Waals surface area contributed by atoms with Crippen molar-refractivity contribution in [3.8, 4) is 0 Å². The quantitative estimate of drug-likeness (QED) is 0.744. The summed E-state index contributed by atoms with van der Waals surface area (Å²) in [6, 6.07) is 3.67. The summed E-state index contributed by atoms with van der Waals surface area (Å²) in [4.78, 5) is 27.6.